The summed E-state index contributed by atoms with van der Waals surface area (Å²) in [5.74, 6) is 1.51. The van der Waals surface area contributed by atoms with Crippen LogP contribution in [0.2, 0.25) is 0 Å². The summed E-state index contributed by atoms with van der Waals surface area (Å²) in [6.07, 6.45) is 5.28. The highest BCUT2D eigenvalue weighted by Gasteiger charge is 2.27. The van der Waals surface area contributed by atoms with E-state index in [-0.39, 0.29) is 0 Å². The molecule has 1 fully saturated rings. The van der Waals surface area contributed by atoms with Crippen molar-refractivity contribution in [1.29, 1.82) is 0 Å². The van der Waals surface area contributed by atoms with Crippen molar-refractivity contribution in [2.24, 2.45) is 11.8 Å². The van der Waals surface area contributed by atoms with Gasteiger partial charge in [-0.15, -0.1) is 5.10 Å². The topological polar surface area (TPSA) is 49.2 Å². The van der Waals surface area contributed by atoms with Crippen LogP contribution in [0.1, 0.15) is 65.0 Å². The van der Waals surface area contributed by atoms with Crippen LogP contribution in [0.25, 0.3) is 0 Å². The van der Waals surface area contributed by atoms with Gasteiger partial charge in [0.1, 0.15) is 5.69 Å². The minimum absolute atomic E-state index is 0.391. The molecule has 114 valence electrons. The molecule has 1 aromatic heterocycles. The Hall–Kier alpha value is -0.940. The molecule has 5 nitrogen and oxygen atoms in total. The monoisotopic (exact) mass is 281 g/mol. The molecule has 20 heavy (non-hydrogen) atoms. The van der Waals surface area contributed by atoms with E-state index in [1.807, 2.05) is 24.7 Å². The summed E-state index contributed by atoms with van der Waals surface area (Å²) in [6.45, 7) is 9.78. The molecular weight excluding hydrogens is 254 g/mol. The number of nitrogens with zero attached hydrogens (tertiary/aromatic N) is 3. The second-order valence-corrected chi connectivity index (χ2v) is 5.94. The van der Waals surface area contributed by atoms with E-state index in [0.717, 1.165) is 17.5 Å². The smallest absolute Gasteiger partial charge is 0.204 e. The molecule has 2 atom stereocenters. The van der Waals surface area contributed by atoms with Crippen molar-refractivity contribution in [3.63, 3.8) is 0 Å². The highest BCUT2D eigenvalue weighted by molar-refractivity contribution is 4.96. The van der Waals surface area contributed by atoms with Gasteiger partial charge in [0.2, 0.25) is 6.29 Å². The summed E-state index contributed by atoms with van der Waals surface area (Å²) in [5.41, 5.74) is 0.777. The summed E-state index contributed by atoms with van der Waals surface area (Å²) in [4.78, 5) is 0. The molecule has 0 radical (unpaired) electrons. The van der Waals surface area contributed by atoms with Crippen LogP contribution < -0.4 is 0 Å². The van der Waals surface area contributed by atoms with Crippen molar-refractivity contribution in [3.05, 3.63) is 11.9 Å². The molecule has 1 saturated carbocycles. The fourth-order valence-corrected chi connectivity index (χ4v) is 3.22. The van der Waals surface area contributed by atoms with E-state index in [1.165, 1.54) is 19.3 Å². The van der Waals surface area contributed by atoms with Crippen molar-refractivity contribution >= 4 is 0 Å². The maximum Gasteiger partial charge on any atom is 0.204 e. The van der Waals surface area contributed by atoms with Gasteiger partial charge in [-0.25, -0.2) is 4.68 Å². The summed E-state index contributed by atoms with van der Waals surface area (Å²) in [6, 6.07) is 0.457. The van der Waals surface area contributed by atoms with Gasteiger partial charge in [-0.1, -0.05) is 19.1 Å². The number of aromatic nitrogens is 3. The molecule has 0 aromatic carbocycles. The van der Waals surface area contributed by atoms with Gasteiger partial charge in [0.25, 0.3) is 0 Å². The Morgan fingerprint density at radius 1 is 1.15 bits per heavy atom. The number of hydrogen-bond donors (Lipinski definition) is 0. The Balaban J connectivity index is 2.07. The molecule has 0 aliphatic heterocycles. The first-order chi connectivity index (χ1) is 9.63. The standard InChI is InChI=1S/C15H27N3O2/c1-5-19-15(20-6-2)14-10-18(17-16-14)13-8-11(3)7-12(4)9-13/h10-13,15H,5-9H2,1-4H3. The zero-order chi connectivity index (χ0) is 14.5. The van der Waals surface area contributed by atoms with Gasteiger partial charge >= 0.3 is 0 Å². The molecule has 0 bridgehead atoms. The maximum absolute atomic E-state index is 5.57. The lowest BCUT2D eigenvalue weighted by Crippen LogP contribution is -2.23. The summed E-state index contributed by atoms with van der Waals surface area (Å²) in [5, 5.41) is 8.54. The molecule has 2 unspecified atom stereocenters. The lowest BCUT2D eigenvalue weighted by molar-refractivity contribution is -0.142. The average Bonchev–Trinajstić information content (AvgIpc) is 2.87. The number of rotatable bonds is 6. The second kappa shape index (κ2) is 7.18. The fraction of sp³-hybridized carbons (Fsp3) is 0.867. The van der Waals surface area contributed by atoms with Crippen LogP contribution in [-0.2, 0) is 9.47 Å². The van der Waals surface area contributed by atoms with Gasteiger partial charge in [-0.05, 0) is 44.9 Å². The van der Waals surface area contributed by atoms with Gasteiger partial charge in [0.15, 0.2) is 0 Å². The molecule has 0 amide bonds. The minimum Gasteiger partial charge on any atom is -0.347 e. The molecule has 0 spiro atoms. The Labute approximate surface area is 121 Å². The average molecular weight is 281 g/mol. The third-order valence-corrected chi connectivity index (χ3v) is 3.93. The first-order valence-corrected chi connectivity index (χ1v) is 7.78. The van der Waals surface area contributed by atoms with Gasteiger partial charge in [0, 0.05) is 13.2 Å². The molecule has 0 saturated heterocycles. The molecular formula is C15H27N3O2. The van der Waals surface area contributed by atoms with E-state index in [2.05, 4.69) is 24.2 Å². The van der Waals surface area contributed by atoms with Crippen molar-refractivity contribution < 1.29 is 9.47 Å². The highest BCUT2D eigenvalue weighted by Crippen LogP contribution is 2.35. The van der Waals surface area contributed by atoms with Crippen LogP contribution in [0, 0.1) is 11.8 Å². The van der Waals surface area contributed by atoms with Crippen molar-refractivity contribution in [3.8, 4) is 0 Å². The van der Waals surface area contributed by atoms with E-state index in [1.54, 1.807) is 0 Å². The predicted octanol–water partition coefficient (Wildman–Crippen LogP) is 3.35. The summed E-state index contributed by atoms with van der Waals surface area (Å²) >= 11 is 0. The molecule has 2 rings (SSSR count). The Morgan fingerprint density at radius 3 is 2.30 bits per heavy atom. The van der Waals surface area contributed by atoms with Crippen LogP contribution >= 0.6 is 0 Å². The summed E-state index contributed by atoms with van der Waals surface area (Å²) < 4.78 is 13.2. The minimum atomic E-state index is -0.391. The second-order valence-electron chi connectivity index (χ2n) is 5.94. The first-order valence-electron chi connectivity index (χ1n) is 7.78. The molecule has 1 aliphatic rings. The number of hydrogen-bond acceptors (Lipinski definition) is 4. The van der Waals surface area contributed by atoms with Gasteiger partial charge < -0.3 is 9.47 Å². The lowest BCUT2D eigenvalue weighted by Gasteiger charge is -2.31. The fourth-order valence-electron chi connectivity index (χ4n) is 3.22. The Kier molecular flexibility index (Phi) is 5.54. The van der Waals surface area contributed by atoms with Gasteiger partial charge in [-0.3, -0.25) is 0 Å². The molecule has 1 heterocycles. The van der Waals surface area contributed by atoms with Crippen LogP contribution in [-0.4, -0.2) is 28.2 Å². The van der Waals surface area contributed by atoms with Crippen LogP contribution in [0.3, 0.4) is 0 Å². The third-order valence-electron chi connectivity index (χ3n) is 3.93. The van der Waals surface area contributed by atoms with Crippen LogP contribution in [0.5, 0.6) is 0 Å². The predicted molar refractivity (Wildman–Crippen MR) is 77.2 cm³/mol. The van der Waals surface area contributed by atoms with Crippen LogP contribution in [0.15, 0.2) is 6.20 Å². The van der Waals surface area contributed by atoms with E-state index >= 15 is 0 Å². The van der Waals surface area contributed by atoms with E-state index < -0.39 is 6.29 Å². The lowest BCUT2D eigenvalue weighted by atomic mass is 9.80. The Morgan fingerprint density at radius 2 is 1.75 bits per heavy atom. The maximum atomic E-state index is 5.57. The van der Waals surface area contributed by atoms with E-state index in [9.17, 15) is 0 Å². The molecule has 5 heteroatoms. The largest absolute Gasteiger partial charge is 0.347 e. The highest BCUT2D eigenvalue weighted by atomic mass is 16.7. The van der Waals surface area contributed by atoms with Gasteiger partial charge in [-0.2, -0.15) is 0 Å². The SMILES string of the molecule is CCOC(OCC)c1cn(C2CC(C)CC(C)C2)nn1. The van der Waals surface area contributed by atoms with Crippen molar-refractivity contribution in [1.82, 2.24) is 15.0 Å². The van der Waals surface area contributed by atoms with Crippen molar-refractivity contribution in [2.45, 2.75) is 59.3 Å². The number of ether oxygens (including phenoxy) is 2. The first kappa shape index (κ1) is 15.4. The zero-order valence-corrected chi connectivity index (χ0v) is 13.1. The van der Waals surface area contributed by atoms with E-state index in [4.69, 9.17) is 9.47 Å². The third kappa shape index (κ3) is 3.79. The summed E-state index contributed by atoms with van der Waals surface area (Å²) in [7, 11) is 0. The Bertz CT molecular complexity index is 392. The molecule has 0 N–H and O–H groups in total. The normalized spacial score (nSPS) is 27.1. The van der Waals surface area contributed by atoms with Crippen LogP contribution in [0.4, 0.5) is 0 Å². The van der Waals surface area contributed by atoms with E-state index in [0.29, 0.717) is 19.3 Å². The zero-order valence-electron chi connectivity index (χ0n) is 13.1. The molecule has 1 aromatic rings. The molecule has 1 aliphatic carbocycles. The quantitative estimate of drug-likeness (QED) is 0.750. The van der Waals surface area contributed by atoms with Gasteiger partial charge in [0.05, 0.1) is 12.2 Å². The van der Waals surface area contributed by atoms with Crippen molar-refractivity contribution in [2.75, 3.05) is 13.2 Å².